The summed E-state index contributed by atoms with van der Waals surface area (Å²) in [5.41, 5.74) is 1.28. The van der Waals surface area contributed by atoms with E-state index in [-0.39, 0.29) is 0 Å². The topological polar surface area (TPSA) is 12.0 Å². The summed E-state index contributed by atoms with van der Waals surface area (Å²) in [4.78, 5) is 0. The van der Waals surface area contributed by atoms with E-state index in [0.717, 1.165) is 29.8 Å². The molecule has 2 rings (SSSR count). The van der Waals surface area contributed by atoms with Crippen LogP contribution in [0.25, 0.3) is 0 Å². The lowest BCUT2D eigenvalue weighted by Crippen LogP contribution is -2.27. The van der Waals surface area contributed by atoms with Gasteiger partial charge in [-0.3, -0.25) is 0 Å². The second-order valence-corrected chi connectivity index (χ2v) is 6.43. The highest BCUT2D eigenvalue weighted by atomic mass is 35.5. The van der Waals surface area contributed by atoms with E-state index in [1.54, 1.807) is 0 Å². The number of halogens is 1. The zero-order chi connectivity index (χ0) is 13.5. The number of benzene rings is 1. The molecular weight excluding hydrogens is 254 g/mol. The molecule has 0 spiro atoms. The Labute approximate surface area is 122 Å². The summed E-state index contributed by atoms with van der Waals surface area (Å²) < 4.78 is 0. The average Bonchev–Trinajstić information content (AvgIpc) is 2.42. The van der Waals surface area contributed by atoms with Gasteiger partial charge < -0.3 is 5.32 Å². The Hall–Kier alpha value is -0.530. The first-order valence-electron chi connectivity index (χ1n) is 7.70. The van der Waals surface area contributed by atoms with Crippen molar-refractivity contribution in [2.24, 2.45) is 11.8 Å². The maximum atomic E-state index is 6.15. The van der Waals surface area contributed by atoms with Gasteiger partial charge in [-0.25, -0.2) is 0 Å². The van der Waals surface area contributed by atoms with Crippen molar-refractivity contribution in [1.29, 1.82) is 0 Å². The van der Waals surface area contributed by atoms with Crippen LogP contribution in [0.3, 0.4) is 0 Å². The van der Waals surface area contributed by atoms with Crippen molar-refractivity contribution in [2.75, 3.05) is 13.1 Å². The van der Waals surface area contributed by atoms with Gasteiger partial charge in [0.05, 0.1) is 0 Å². The van der Waals surface area contributed by atoms with Crippen LogP contribution in [0.5, 0.6) is 0 Å². The Kier molecular flexibility index (Phi) is 6.19. The minimum Gasteiger partial charge on any atom is -0.316 e. The summed E-state index contributed by atoms with van der Waals surface area (Å²) in [6.07, 6.45) is 7.93. The molecule has 1 aliphatic rings. The monoisotopic (exact) mass is 279 g/mol. The van der Waals surface area contributed by atoms with Crippen LogP contribution in [0.2, 0.25) is 5.02 Å². The van der Waals surface area contributed by atoms with E-state index < -0.39 is 0 Å². The molecule has 1 nitrogen and oxygen atoms in total. The fourth-order valence-electron chi connectivity index (χ4n) is 2.94. The Morgan fingerprint density at radius 3 is 2.63 bits per heavy atom. The molecule has 1 aromatic carbocycles. The first-order chi connectivity index (χ1) is 9.25. The zero-order valence-electron chi connectivity index (χ0n) is 12.0. The lowest BCUT2D eigenvalue weighted by molar-refractivity contribution is 0.282. The molecule has 0 saturated heterocycles. The van der Waals surface area contributed by atoms with Crippen molar-refractivity contribution in [2.45, 2.75) is 45.4 Å². The lowest BCUT2D eigenvalue weighted by atomic mass is 9.83. The molecule has 0 heterocycles. The van der Waals surface area contributed by atoms with Gasteiger partial charge in [-0.2, -0.15) is 0 Å². The van der Waals surface area contributed by atoms with Crippen LogP contribution >= 0.6 is 11.6 Å². The van der Waals surface area contributed by atoms with Crippen LogP contribution in [0.1, 0.15) is 44.6 Å². The van der Waals surface area contributed by atoms with Gasteiger partial charge >= 0.3 is 0 Å². The standard InChI is InChI=1S/C17H26ClN/c1-14-8-10-15(11-9-14)13-19-12-4-6-16-5-2-3-7-17(16)18/h2-3,5,7,14-15,19H,4,6,8-13H2,1H3. The maximum Gasteiger partial charge on any atom is 0.0437 e. The van der Waals surface area contributed by atoms with Crippen molar-refractivity contribution in [1.82, 2.24) is 5.32 Å². The molecule has 0 bridgehead atoms. The normalized spacial score (nSPS) is 23.5. The molecule has 19 heavy (non-hydrogen) atoms. The Morgan fingerprint density at radius 2 is 1.89 bits per heavy atom. The lowest BCUT2D eigenvalue weighted by Gasteiger charge is -2.26. The van der Waals surface area contributed by atoms with Gasteiger partial charge in [0, 0.05) is 5.02 Å². The first-order valence-corrected chi connectivity index (χ1v) is 8.07. The van der Waals surface area contributed by atoms with E-state index >= 15 is 0 Å². The van der Waals surface area contributed by atoms with E-state index in [9.17, 15) is 0 Å². The first kappa shape index (κ1) is 14.9. The van der Waals surface area contributed by atoms with E-state index in [0.29, 0.717) is 0 Å². The van der Waals surface area contributed by atoms with Crippen molar-refractivity contribution in [3.63, 3.8) is 0 Å². The van der Waals surface area contributed by atoms with Gasteiger partial charge in [0.25, 0.3) is 0 Å². The smallest absolute Gasteiger partial charge is 0.0437 e. The van der Waals surface area contributed by atoms with E-state index in [4.69, 9.17) is 11.6 Å². The molecule has 0 atom stereocenters. The Morgan fingerprint density at radius 1 is 1.16 bits per heavy atom. The number of nitrogens with one attached hydrogen (secondary N) is 1. The average molecular weight is 280 g/mol. The quantitative estimate of drug-likeness (QED) is 0.745. The molecule has 0 unspecified atom stereocenters. The molecule has 0 aliphatic heterocycles. The van der Waals surface area contributed by atoms with Gasteiger partial charge in [-0.1, -0.05) is 49.6 Å². The SMILES string of the molecule is CC1CCC(CNCCCc2ccccc2Cl)CC1. The third-order valence-corrected chi connectivity index (χ3v) is 4.69. The van der Waals surface area contributed by atoms with E-state index in [1.807, 2.05) is 12.1 Å². The van der Waals surface area contributed by atoms with Crippen LogP contribution in [-0.2, 0) is 6.42 Å². The molecule has 2 heteroatoms. The molecular formula is C17H26ClN. The molecule has 1 aromatic rings. The van der Waals surface area contributed by atoms with Crippen molar-refractivity contribution in [3.8, 4) is 0 Å². The van der Waals surface area contributed by atoms with Gasteiger partial charge in [0.2, 0.25) is 0 Å². The second-order valence-electron chi connectivity index (χ2n) is 6.02. The van der Waals surface area contributed by atoms with Gasteiger partial charge in [-0.05, 0) is 62.2 Å². The second kappa shape index (κ2) is 7.91. The molecule has 1 aliphatic carbocycles. The van der Waals surface area contributed by atoms with Crippen molar-refractivity contribution in [3.05, 3.63) is 34.9 Å². The minimum atomic E-state index is 0.906. The Bertz CT molecular complexity index is 369. The van der Waals surface area contributed by atoms with Crippen LogP contribution in [0.4, 0.5) is 0 Å². The summed E-state index contributed by atoms with van der Waals surface area (Å²) in [7, 11) is 0. The Balaban J connectivity index is 1.56. The molecule has 1 fully saturated rings. The van der Waals surface area contributed by atoms with Gasteiger partial charge in [0.1, 0.15) is 0 Å². The number of rotatable bonds is 6. The maximum absolute atomic E-state index is 6.15. The third-order valence-electron chi connectivity index (χ3n) is 4.33. The van der Waals surface area contributed by atoms with Crippen molar-refractivity contribution >= 4 is 11.6 Å². The highest BCUT2D eigenvalue weighted by molar-refractivity contribution is 6.31. The van der Waals surface area contributed by atoms with Crippen LogP contribution in [-0.4, -0.2) is 13.1 Å². The summed E-state index contributed by atoms with van der Waals surface area (Å²) in [5.74, 6) is 1.87. The number of hydrogen-bond donors (Lipinski definition) is 1. The predicted molar refractivity (Wildman–Crippen MR) is 83.8 cm³/mol. The molecule has 106 valence electrons. The largest absolute Gasteiger partial charge is 0.316 e. The fourth-order valence-corrected chi connectivity index (χ4v) is 3.17. The summed E-state index contributed by atoms with van der Waals surface area (Å²) in [5, 5.41) is 4.52. The highest BCUT2D eigenvalue weighted by Crippen LogP contribution is 2.27. The summed E-state index contributed by atoms with van der Waals surface area (Å²) in [6.45, 7) is 4.69. The van der Waals surface area contributed by atoms with Crippen LogP contribution < -0.4 is 5.32 Å². The summed E-state index contributed by atoms with van der Waals surface area (Å²) >= 11 is 6.15. The fraction of sp³-hybridized carbons (Fsp3) is 0.647. The molecule has 0 amide bonds. The molecule has 1 N–H and O–H groups in total. The summed E-state index contributed by atoms with van der Waals surface area (Å²) in [6, 6.07) is 8.17. The third kappa shape index (κ3) is 5.16. The molecule has 0 radical (unpaired) electrons. The van der Waals surface area contributed by atoms with E-state index in [1.165, 1.54) is 44.2 Å². The zero-order valence-corrected chi connectivity index (χ0v) is 12.8. The van der Waals surface area contributed by atoms with E-state index in [2.05, 4.69) is 24.4 Å². The van der Waals surface area contributed by atoms with Crippen LogP contribution in [0, 0.1) is 11.8 Å². The van der Waals surface area contributed by atoms with Gasteiger partial charge in [-0.15, -0.1) is 0 Å². The molecule has 0 aromatic heterocycles. The minimum absolute atomic E-state index is 0.906. The highest BCUT2D eigenvalue weighted by Gasteiger charge is 2.17. The number of aryl methyl sites for hydroxylation is 1. The predicted octanol–water partition coefficient (Wildman–Crippen LogP) is 4.69. The van der Waals surface area contributed by atoms with Gasteiger partial charge in [0.15, 0.2) is 0 Å². The van der Waals surface area contributed by atoms with Crippen molar-refractivity contribution < 1.29 is 0 Å². The number of hydrogen-bond acceptors (Lipinski definition) is 1. The van der Waals surface area contributed by atoms with Crippen LogP contribution in [0.15, 0.2) is 24.3 Å². The molecule has 1 saturated carbocycles.